The minimum Gasteiger partial charge on any atom is -0.480 e. The van der Waals surface area contributed by atoms with Gasteiger partial charge in [0, 0.05) is 11.3 Å². The third-order valence-electron chi connectivity index (χ3n) is 3.84. The zero-order valence-electron chi connectivity index (χ0n) is 12.7. The average Bonchev–Trinajstić information content (AvgIpc) is 3.02. The summed E-state index contributed by atoms with van der Waals surface area (Å²) in [5.74, 6) is -1.72. The van der Waals surface area contributed by atoms with Crippen LogP contribution in [0.5, 0.6) is 0 Å². The monoisotopic (exact) mass is 399 g/mol. The fourth-order valence-electron chi connectivity index (χ4n) is 2.61. The van der Waals surface area contributed by atoms with Gasteiger partial charge >= 0.3 is 5.97 Å². The Labute approximate surface area is 157 Å². The molecule has 0 aromatic heterocycles. The number of halogens is 3. The van der Waals surface area contributed by atoms with E-state index >= 15 is 0 Å². The van der Waals surface area contributed by atoms with Crippen LogP contribution in [0.15, 0.2) is 42.5 Å². The molecule has 0 saturated carbocycles. The maximum Gasteiger partial charge on any atom is 0.327 e. The van der Waals surface area contributed by atoms with Crippen molar-refractivity contribution < 1.29 is 19.1 Å². The van der Waals surface area contributed by atoms with Crippen molar-refractivity contribution in [2.24, 2.45) is 0 Å². The molecule has 1 saturated heterocycles. The first-order valence-electron chi connectivity index (χ1n) is 7.26. The Morgan fingerprint density at radius 2 is 1.80 bits per heavy atom. The molecule has 4 nitrogen and oxygen atoms in total. The Balaban J connectivity index is 1.99. The van der Waals surface area contributed by atoms with Crippen LogP contribution in [0.25, 0.3) is 0 Å². The van der Waals surface area contributed by atoms with E-state index in [-0.39, 0.29) is 16.3 Å². The van der Waals surface area contributed by atoms with Crippen LogP contribution in [0, 0.1) is 5.82 Å². The summed E-state index contributed by atoms with van der Waals surface area (Å²) in [5, 5.41) is 9.47. The van der Waals surface area contributed by atoms with Gasteiger partial charge in [-0.05, 0) is 35.9 Å². The van der Waals surface area contributed by atoms with Gasteiger partial charge in [0.25, 0.3) is 5.91 Å². The van der Waals surface area contributed by atoms with Crippen molar-refractivity contribution in [2.75, 3.05) is 5.75 Å². The average molecular weight is 400 g/mol. The van der Waals surface area contributed by atoms with Crippen molar-refractivity contribution in [3.05, 3.63) is 69.5 Å². The summed E-state index contributed by atoms with van der Waals surface area (Å²) in [6.07, 6.45) is 0. The Bertz CT molecular complexity index is 831. The van der Waals surface area contributed by atoms with Crippen LogP contribution in [0.4, 0.5) is 4.39 Å². The largest absolute Gasteiger partial charge is 0.480 e. The smallest absolute Gasteiger partial charge is 0.327 e. The Hall–Kier alpha value is -1.76. The fraction of sp³-hybridized carbons (Fsp3) is 0.176. The second-order valence-corrected chi connectivity index (χ2v) is 7.36. The Morgan fingerprint density at radius 1 is 1.12 bits per heavy atom. The fourth-order valence-corrected chi connectivity index (χ4v) is 4.33. The number of carboxylic acid groups (broad SMARTS) is 1. The molecule has 0 aliphatic carbocycles. The first-order valence-corrected chi connectivity index (χ1v) is 9.06. The van der Waals surface area contributed by atoms with Gasteiger partial charge in [-0.2, -0.15) is 0 Å². The molecule has 2 aromatic rings. The van der Waals surface area contributed by atoms with Crippen molar-refractivity contribution in [3.8, 4) is 0 Å². The predicted molar refractivity (Wildman–Crippen MR) is 95.7 cm³/mol. The summed E-state index contributed by atoms with van der Waals surface area (Å²) >= 11 is 13.2. The van der Waals surface area contributed by atoms with Crippen molar-refractivity contribution >= 4 is 46.8 Å². The molecule has 0 spiro atoms. The van der Waals surface area contributed by atoms with Crippen molar-refractivity contribution in [1.29, 1.82) is 0 Å². The molecular formula is C17H12Cl2FNO3S. The lowest BCUT2D eigenvalue weighted by Crippen LogP contribution is -2.43. The highest BCUT2D eigenvalue weighted by Crippen LogP contribution is 2.42. The van der Waals surface area contributed by atoms with E-state index in [9.17, 15) is 19.1 Å². The van der Waals surface area contributed by atoms with Crippen LogP contribution >= 0.6 is 35.0 Å². The second-order valence-electron chi connectivity index (χ2n) is 5.43. The van der Waals surface area contributed by atoms with E-state index in [4.69, 9.17) is 23.2 Å². The number of aliphatic carboxylic acids is 1. The molecule has 0 bridgehead atoms. The number of thioether (sulfide) groups is 1. The standard InChI is InChI=1S/C17H12Cl2FNO3S/c18-12-6-3-10(7-13(12)19)15(22)21-14(17(23)24)8-25-16(21)9-1-4-11(20)5-2-9/h1-7,14,16H,8H2,(H,23,24). The second kappa shape index (κ2) is 7.23. The van der Waals surface area contributed by atoms with Crippen LogP contribution < -0.4 is 0 Å². The van der Waals surface area contributed by atoms with E-state index in [2.05, 4.69) is 0 Å². The van der Waals surface area contributed by atoms with Crippen LogP contribution in [-0.4, -0.2) is 33.7 Å². The van der Waals surface area contributed by atoms with Crippen molar-refractivity contribution in [2.45, 2.75) is 11.4 Å². The number of rotatable bonds is 3. The lowest BCUT2D eigenvalue weighted by molar-refractivity contribution is -0.141. The quantitative estimate of drug-likeness (QED) is 0.826. The Morgan fingerprint density at radius 3 is 2.40 bits per heavy atom. The third kappa shape index (κ3) is 3.61. The third-order valence-corrected chi connectivity index (χ3v) is 5.90. The SMILES string of the molecule is O=C(O)C1CSC(c2ccc(F)cc2)N1C(=O)c1ccc(Cl)c(Cl)c1. The molecule has 8 heteroatoms. The number of hydrogen-bond donors (Lipinski definition) is 1. The van der Waals surface area contributed by atoms with E-state index in [1.807, 2.05) is 0 Å². The number of amides is 1. The molecule has 2 unspecified atom stereocenters. The van der Waals surface area contributed by atoms with Crippen LogP contribution in [0.2, 0.25) is 10.0 Å². The molecule has 1 N–H and O–H groups in total. The molecular weight excluding hydrogens is 388 g/mol. The summed E-state index contributed by atoms with van der Waals surface area (Å²) in [6.45, 7) is 0. The summed E-state index contributed by atoms with van der Waals surface area (Å²) < 4.78 is 13.2. The zero-order valence-corrected chi connectivity index (χ0v) is 15.0. The van der Waals surface area contributed by atoms with Crippen LogP contribution in [-0.2, 0) is 4.79 Å². The van der Waals surface area contributed by atoms with E-state index in [0.717, 1.165) is 0 Å². The van der Waals surface area contributed by atoms with Crippen molar-refractivity contribution in [3.63, 3.8) is 0 Å². The highest BCUT2D eigenvalue weighted by Gasteiger charge is 2.42. The Kier molecular flexibility index (Phi) is 5.22. The highest BCUT2D eigenvalue weighted by molar-refractivity contribution is 7.99. The molecule has 25 heavy (non-hydrogen) atoms. The zero-order chi connectivity index (χ0) is 18.1. The van der Waals surface area contributed by atoms with Crippen LogP contribution in [0.3, 0.4) is 0 Å². The van der Waals surface area contributed by atoms with E-state index < -0.39 is 29.1 Å². The van der Waals surface area contributed by atoms with E-state index in [0.29, 0.717) is 10.6 Å². The number of benzene rings is 2. The van der Waals surface area contributed by atoms with Gasteiger partial charge in [-0.3, -0.25) is 4.79 Å². The van der Waals surface area contributed by atoms with E-state index in [1.54, 1.807) is 12.1 Å². The minimum absolute atomic E-state index is 0.213. The van der Waals surface area contributed by atoms with Gasteiger partial charge < -0.3 is 10.0 Å². The van der Waals surface area contributed by atoms with Gasteiger partial charge in [-0.15, -0.1) is 11.8 Å². The lowest BCUT2D eigenvalue weighted by atomic mass is 10.1. The molecule has 2 atom stereocenters. The molecule has 130 valence electrons. The van der Waals surface area contributed by atoms with Gasteiger partial charge in [0.05, 0.1) is 10.0 Å². The number of carbonyl (C=O) groups is 2. The lowest BCUT2D eigenvalue weighted by Gasteiger charge is -2.28. The van der Waals surface area contributed by atoms with Crippen LogP contribution in [0.1, 0.15) is 21.3 Å². The highest BCUT2D eigenvalue weighted by atomic mass is 35.5. The van der Waals surface area contributed by atoms with Gasteiger partial charge in [0.2, 0.25) is 0 Å². The molecule has 1 amide bonds. The summed E-state index contributed by atoms with van der Waals surface area (Å²) in [6, 6.07) is 9.08. The number of carbonyl (C=O) groups excluding carboxylic acids is 1. The van der Waals surface area contributed by atoms with E-state index in [1.165, 1.54) is 47.0 Å². The van der Waals surface area contributed by atoms with Gasteiger partial charge in [0.15, 0.2) is 0 Å². The first-order chi connectivity index (χ1) is 11.9. The molecule has 0 radical (unpaired) electrons. The number of nitrogens with zero attached hydrogens (tertiary/aromatic N) is 1. The number of hydrogen-bond acceptors (Lipinski definition) is 3. The molecule has 3 rings (SSSR count). The summed E-state index contributed by atoms with van der Waals surface area (Å²) in [5.41, 5.74) is 0.902. The molecule has 1 aliphatic rings. The summed E-state index contributed by atoms with van der Waals surface area (Å²) in [7, 11) is 0. The van der Waals surface area contributed by atoms with Crippen molar-refractivity contribution in [1.82, 2.24) is 4.90 Å². The maximum atomic E-state index is 13.2. The molecule has 1 heterocycles. The molecule has 1 fully saturated rings. The first kappa shape index (κ1) is 18.0. The topological polar surface area (TPSA) is 57.6 Å². The molecule has 2 aromatic carbocycles. The maximum absolute atomic E-state index is 13.2. The summed E-state index contributed by atoms with van der Waals surface area (Å²) in [4.78, 5) is 25.8. The molecule has 1 aliphatic heterocycles. The van der Waals surface area contributed by atoms with Gasteiger partial charge in [-0.1, -0.05) is 35.3 Å². The normalized spacial score (nSPS) is 19.9. The minimum atomic E-state index is -1.09. The predicted octanol–water partition coefficient (Wildman–Crippen LogP) is 4.47. The number of carboxylic acids is 1. The van der Waals surface area contributed by atoms with Gasteiger partial charge in [0.1, 0.15) is 17.2 Å². The van der Waals surface area contributed by atoms with Gasteiger partial charge in [-0.25, -0.2) is 9.18 Å².